The lowest BCUT2D eigenvalue weighted by molar-refractivity contribution is -0.114. The number of benzene rings is 1. The molecule has 0 aliphatic heterocycles. The molecule has 0 bridgehead atoms. The van der Waals surface area contributed by atoms with Crippen LogP contribution in [0.2, 0.25) is 5.02 Å². The number of halogens is 1. The molecule has 1 aromatic carbocycles. The fraction of sp³-hybridized carbons (Fsp3) is 0.125. The van der Waals surface area contributed by atoms with Crippen molar-refractivity contribution in [1.29, 1.82) is 0 Å². The average molecular weight is 372 g/mol. The molecule has 2 N–H and O–H groups in total. The predicted octanol–water partition coefficient (Wildman–Crippen LogP) is 1.60. The topological polar surface area (TPSA) is 115 Å². The molecule has 0 fully saturated rings. The van der Waals surface area contributed by atoms with Crippen LogP contribution in [0, 0.1) is 0 Å². The van der Waals surface area contributed by atoms with Gasteiger partial charge in [-0.3, -0.25) is 9.59 Å². The van der Waals surface area contributed by atoms with Gasteiger partial charge < -0.3 is 10.6 Å². The van der Waals surface area contributed by atoms with Crippen molar-refractivity contribution in [2.24, 2.45) is 0 Å². The molecule has 26 heavy (non-hydrogen) atoms. The van der Waals surface area contributed by atoms with Crippen molar-refractivity contribution in [3.8, 4) is 5.95 Å². The maximum Gasteiger partial charge on any atom is 0.252 e. The van der Waals surface area contributed by atoms with Crippen LogP contribution in [-0.4, -0.2) is 36.5 Å². The van der Waals surface area contributed by atoms with Crippen LogP contribution < -0.4 is 10.6 Å². The summed E-state index contributed by atoms with van der Waals surface area (Å²) in [6, 6.07) is 6.29. The molecule has 132 valence electrons. The van der Waals surface area contributed by atoms with E-state index in [4.69, 9.17) is 11.6 Å². The Balaban J connectivity index is 1.73. The number of amides is 2. The highest BCUT2D eigenvalue weighted by atomic mass is 35.5. The first-order valence-corrected chi connectivity index (χ1v) is 7.93. The van der Waals surface area contributed by atoms with Gasteiger partial charge in [-0.15, -0.1) is 0 Å². The number of nitrogens with one attached hydrogen (secondary N) is 2. The van der Waals surface area contributed by atoms with E-state index in [-0.39, 0.29) is 18.4 Å². The molecule has 3 rings (SSSR count). The number of carbonyl (C=O) groups is 2. The quantitative estimate of drug-likeness (QED) is 0.704. The summed E-state index contributed by atoms with van der Waals surface area (Å²) in [6.07, 6.45) is 4.52. The Hall–Kier alpha value is -3.33. The highest BCUT2D eigenvalue weighted by Gasteiger charge is 2.13. The minimum Gasteiger partial charge on any atom is -0.345 e. The molecular formula is C16H14ClN7O2. The molecule has 2 amide bonds. The third-order valence-corrected chi connectivity index (χ3v) is 3.47. The molecule has 0 aliphatic carbocycles. The smallest absolute Gasteiger partial charge is 0.252 e. The normalized spacial score (nSPS) is 10.4. The van der Waals surface area contributed by atoms with Gasteiger partial charge in [-0.1, -0.05) is 11.6 Å². The fourth-order valence-electron chi connectivity index (χ4n) is 2.21. The molecule has 10 heteroatoms. The molecule has 0 unspecified atom stereocenters. The molecule has 0 spiro atoms. The summed E-state index contributed by atoms with van der Waals surface area (Å²) in [6.45, 7) is 1.48. The van der Waals surface area contributed by atoms with Crippen LogP contribution >= 0.6 is 11.6 Å². The van der Waals surface area contributed by atoms with Crippen molar-refractivity contribution in [3.63, 3.8) is 0 Å². The second kappa shape index (κ2) is 7.70. The van der Waals surface area contributed by atoms with Crippen LogP contribution in [0.1, 0.15) is 23.1 Å². The number of anilines is 1. The first kappa shape index (κ1) is 17.5. The Kier molecular flexibility index (Phi) is 5.18. The first-order chi connectivity index (χ1) is 12.5. The number of rotatable bonds is 5. The number of carbonyl (C=O) groups excluding carboxylic acids is 2. The van der Waals surface area contributed by atoms with E-state index < -0.39 is 0 Å². The molecular weight excluding hydrogens is 358 g/mol. The van der Waals surface area contributed by atoms with Gasteiger partial charge in [0.25, 0.3) is 11.9 Å². The van der Waals surface area contributed by atoms with Gasteiger partial charge in [0.2, 0.25) is 5.91 Å². The number of aromatic nitrogens is 5. The van der Waals surface area contributed by atoms with E-state index >= 15 is 0 Å². The van der Waals surface area contributed by atoms with Gasteiger partial charge in [0, 0.05) is 35.6 Å². The van der Waals surface area contributed by atoms with Crippen molar-refractivity contribution < 1.29 is 9.59 Å². The van der Waals surface area contributed by atoms with Crippen LogP contribution in [0.4, 0.5) is 5.69 Å². The number of nitrogens with zero attached hydrogens (tertiary/aromatic N) is 5. The lowest BCUT2D eigenvalue weighted by Crippen LogP contribution is -2.25. The average Bonchev–Trinajstić information content (AvgIpc) is 3.08. The minimum absolute atomic E-state index is 0.110. The van der Waals surface area contributed by atoms with E-state index in [0.29, 0.717) is 28.0 Å². The van der Waals surface area contributed by atoms with Crippen LogP contribution in [0.3, 0.4) is 0 Å². The largest absolute Gasteiger partial charge is 0.345 e. The maximum absolute atomic E-state index is 12.4. The standard InChI is InChI=1S/C16H14ClN7O2/c1-10(25)23-13-6-11(5-12(17)7-13)15(26)20-8-14-21-9-22-24(14)16-18-3-2-4-19-16/h2-7,9H,8H2,1H3,(H,20,26)(H,23,25). The zero-order valence-corrected chi connectivity index (χ0v) is 14.4. The molecule has 2 heterocycles. The molecule has 0 saturated heterocycles. The summed E-state index contributed by atoms with van der Waals surface area (Å²) in [7, 11) is 0. The Morgan fingerprint density at radius 2 is 1.92 bits per heavy atom. The molecule has 0 atom stereocenters. The maximum atomic E-state index is 12.4. The third-order valence-electron chi connectivity index (χ3n) is 3.25. The molecule has 0 radical (unpaired) electrons. The lowest BCUT2D eigenvalue weighted by atomic mass is 10.2. The second-order valence-corrected chi connectivity index (χ2v) is 5.67. The summed E-state index contributed by atoms with van der Waals surface area (Å²) in [5.74, 6) is 0.191. The summed E-state index contributed by atoms with van der Waals surface area (Å²) in [5, 5.41) is 9.72. The highest BCUT2D eigenvalue weighted by Crippen LogP contribution is 2.19. The zero-order chi connectivity index (χ0) is 18.5. The monoisotopic (exact) mass is 371 g/mol. The molecule has 0 saturated carbocycles. The molecule has 0 aliphatic rings. The van der Waals surface area contributed by atoms with Crippen LogP contribution in [0.15, 0.2) is 43.0 Å². The molecule has 3 aromatic rings. The van der Waals surface area contributed by atoms with Gasteiger partial charge in [0.15, 0.2) is 5.82 Å². The Morgan fingerprint density at radius 3 is 2.65 bits per heavy atom. The number of hydrogen-bond acceptors (Lipinski definition) is 6. The Bertz CT molecular complexity index is 943. The van der Waals surface area contributed by atoms with E-state index in [2.05, 4.69) is 30.7 Å². The summed E-state index contributed by atoms with van der Waals surface area (Å²) < 4.78 is 1.43. The van der Waals surface area contributed by atoms with Crippen LogP contribution in [0.5, 0.6) is 0 Å². The SMILES string of the molecule is CC(=O)Nc1cc(Cl)cc(C(=O)NCc2ncnn2-c2ncccn2)c1. The van der Waals surface area contributed by atoms with E-state index in [1.807, 2.05) is 0 Å². The third kappa shape index (κ3) is 4.19. The van der Waals surface area contributed by atoms with Crippen molar-refractivity contribution in [2.45, 2.75) is 13.5 Å². The van der Waals surface area contributed by atoms with Crippen LogP contribution in [-0.2, 0) is 11.3 Å². The molecule has 9 nitrogen and oxygen atoms in total. The van der Waals surface area contributed by atoms with Gasteiger partial charge in [-0.25, -0.2) is 15.0 Å². The zero-order valence-electron chi connectivity index (χ0n) is 13.7. The van der Waals surface area contributed by atoms with Crippen molar-refractivity contribution in [3.05, 3.63) is 59.4 Å². The van der Waals surface area contributed by atoms with E-state index in [0.717, 1.165) is 0 Å². The first-order valence-electron chi connectivity index (χ1n) is 7.55. The Labute approximate surface area is 153 Å². The van der Waals surface area contributed by atoms with Crippen molar-refractivity contribution >= 4 is 29.1 Å². The van der Waals surface area contributed by atoms with Gasteiger partial charge in [-0.05, 0) is 24.3 Å². The minimum atomic E-state index is -0.373. The lowest BCUT2D eigenvalue weighted by Gasteiger charge is -2.09. The second-order valence-electron chi connectivity index (χ2n) is 5.23. The summed E-state index contributed by atoms with van der Waals surface area (Å²) in [5.41, 5.74) is 0.749. The van der Waals surface area contributed by atoms with Gasteiger partial charge in [-0.2, -0.15) is 9.78 Å². The molecule has 2 aromatic heterocycles. The fourth-order valence-corrected chi connectivity index (χ4v) is 2.45. The van der Waals surface area contributed by atoms with E-state index in [1.54, 1.807) is 24.5 Å². The summed E-state index contributed by atoms with van der Waals surface area (Å²) >= 11 is 6.01. The summed E-state index contributed by atoms with van der Waals surface area (Å²) in [4.78, 5) is 35.9. The van der Waals surface area contributed by atoms with Crippen molar-refractivity contribution in [2.75, 3.05) is 5.32 Å². The van der Waals surface area contributed by atoms with Gasteiger partial charge in [0.05, 0.1) is 6.54 Å². The predicted molar refractivity (Wildman–Crippen MR) is 93.9 cm³/mol. The van der Waals surface area contributed by atoms with Gasteiger partial charge >= 0.3 is 0 Å². The van der Waals surface area contributed by atoms with Crippen LogP contribution in [0.25, 0.3) is 5.95 Å². The van der Waals surface area contributed by atoms with E-state index in [1.165, 1.54) is 30.1 Å². The van der Waals surface area contributed by atoms with Gasteiger partial charge in [0.1, 0.15) is 6.33 Å². The van der Waals surface area contributed by atoms with Crippen molar-refractivity contribution in [1.82, 2.24) is 30.0 Å². The van der Waals surface area contributed by atoms with E-state index in [9.17, 15) is 9.59 Å². The highest BCUT2D eigenvalue weighted by molar-refractivity contribution is 6.31. The number of hydrogen-bond donors (Lipinski definition) is 2. The Morgan fingerprint density at radius 1 is 1.15 bits per heavy atom.